The summed E-state index contributed by atoms with van der Waals surface area (Å²) >= 11 is 3.28. The highest BCUT2D eigenvalue weighted by Gasteiger charge is 2.24. The van der Waals surface area contributed by atoms with Gasteiger partial charge < -0.3 is 15.2 Å². The van der Waals surface area contributed by atoms with E-state index < -0.39 is 0 Å². The zero-order valence-electron chi connectivity index (χ0n) is 10.8. The van der Waals surface area contributed by atoms with Gasteiger partial charge >= 0.3 is 0 Å². The van der Waals surface area contributed by atoms with E-state index in [2.05, 4.69) is 21.2 Å². The maximum atomic E-state index is 11.9. The van der Waals surface area contributed by atoms with E-state index in [1.807, 2.05) is 6.07 Å². The Bertz CT molecular complexity index is 616. The molecule has 0 unspecified atom stereocenters. The van der Waals surface area contributed by atoms with Crippen molar-refractivity contribution in [3.8, 4) is 17.6 Å². The molecule has 20 heavy (non-hydrogen) atoms. The van der Waals surface area contributed by atoms with Gasteiger partial charge in [0.05, 0.1) is 7.11 Å². The van der Waals surface area contributed by atoms with Crippen LogP contribution in [0.3, 0.4) is 0 Å². The van der Waals surface area contributed by atoms with Gasteiger partial charge in [-0.25, -0.2) is 0 Å². The molecule has 0 radical (unpaired) electrons. The second-order valence-corrected chi connectivity index (χ2v) is 5.32. The average molecular weight is 337 g/mol. The molecule has 0 heterocycles. The number of hydrogen-bond donors (Lipinski definition) is 2. The van der Waals surface area contributed by atoms with Crippen molar-refractivity contribution in [2.24, 2.45) is 0 Å². The molecule has 1 aliphatic carbocycles. The lowest BCUT2D eigenvalue weighted by molar-refractivity contribution is -0.117. The number of halogens is 1. The van der Waals surface area contributed by atoms with Crippen LogP contribution in [0.1, 0.15) is 18.4 Å². The van der Waals surface area contributed by atoms with Gasteiger partial charge in [-0.05, 0) is 36.6 Å². The summed E-state index contributed by atoms with van der Waals surface area (Å²) in [4.78, 5) is 11.9. The molecule has 1 aromatic carbocycles. The number of phenols is 1. The molecule has 0 spiro atoms. The number of ether oxygens (including phenoxy) is 1. The molecule has 104 valence electrons. The van der Waals surface area contributed by atoms with Crippen molar-refractivity contribution in [1.29, 1.82) is 5.26 Å². The molecular weight excluding hydrogens is 324 g/mol. The highest BCUT2D eigenvalue weighted by Crippen LogP contribution is 2.33. The van der Waals surface area contributed by atoms with Crippen molar-refractivity contribution in [1.82, 2.24) is 5.32 Å². The molecular formula is C14H13BrN2O3. The highest BCUT2D eigenvalue weighted by molar-refractivity contribution is 9.10. The second-order valence-electron chi connectivity index (χ2n) is 4.46. The van der Waals surface area contributed by atoms with Crippen LogP contribution in [0.15, 0.2) is 22.2 Å². The van der Waals surface area contributed by atoms with Gasteiger partial charge in [-0.1, -0.05) is 15.9 Å². The number of benzene rings is 1. The van der Waals surface area contributed by atoms with Crippen LogP contribution in [0.25, 0.3) is 6.08 Å². The van der Waals surface area contributed by atoms with Gasteiger partial charge in [0.1, 0.15) is 11.6 Å². The molecule has 2 N–H and O–H groups in total. The number of amides is 1. The van der Waals surface area contributed by atoms with Crippen LogP contribution in [0, 0.1) is 11.3 Å². The molecule has 2 rings (SSSR count). The lowest BCUT2D eigenvalue weighted by atomic mass is 10.1. The Kier molecular flexibility index (Phi) is 4.30. The molecule has 0 atom stereocenters. The van der Waals surface area contributed by atoms with Crippen LogP contribution in [0.4, 0.5) is 0 Å². The summed E-state index contributed by atoms with van der Waals surface area (Å²) in [7, 11) is 1.43. The summed E-state index contributed by atoms with van der Waals surface area (Å²) in [6.45, 7) is 0. The monoisotopic (exact) mass is 336 g/mol. The third kappa shape index (κ3) is 3.31. The van der Waals surface area contributed by atoms with E-state index in [1.165, 1.54) is 19.3 Å². The number of methoxy groups -OCH3 is 1. The minimum Gasteiger partial charge on any atom is -0.504 e. The van der Waals surface area contributed by atoms with Crippen molar-refractivity contribution >= 4 is 27.9 Å². The molecule has 0 aliphatic heterocycles. The second kappa shape index (κ2) is 5.97. The van der Waals surface area contributed by atoms with Crippen LogP contribution >= 0.6 is 15.9 Å². The van der Waals surface area contributed by atoms with E-state index in [4.69, 9.17) is 10.00 Å². The topological polar surface area (TPSA) is 82.3 Å². The number of nitrogens with one attached hydrogen (secondary N) is 1. The van der Waals surface area contributed by atoms with Gasteiger partial charge in [0.2, 0.25) is 0 Å². The minimum atomic E-state index is -0.381. The number of phenolic OH excluding ortho intramolecular Hbond substituents is 1. The van der Waals surface area contributed by atoms with Crippen LogP contribution in [-0.2, 0) is 4.79 Å². The van der Waals surface area contributed by atoms with E-state index in [0.29, 0.717) is 10.0 Å². The van der Waals surface area contributed by atoms with Crippen molar-refractivity contribution < 1.29 is 14.6 Å². The molecule has 1 saturated carbocycles. The van der Waals surface area contributed by atoms with Crippen molar-refractivity contribution in [2.75, 3.05) is 7.11 Å². The van der Waals surface area contributed by atoms with E-state index in [9.17, 15) is 9.90 Å². The van der Waals surface area contributed by atoms with Crippen LogP contribution in [0.5, 0.6) is 11.5 Å². The van der Waals surface area contributed by atoms with E-state index in [-0.39, 0.29) is 29.0 Å². The fourth-order valence-corrected chi connectivity index (χ4v) is 2.07. The highest BCUT2D eigenvalue weighted by atomic mass is 79.9. The number of nitriles is 1. The Morgan fingerprint density at radius 3 is 2.85 bits per heavy atom. The Morgan fingerprint density at radius 1 is 1.60 bits per heavy atom. The quantitative estimate of drug-likeness (QED) is 0.653. The van der Waals surface area contributed by atoms with Gasteiger partial charge in [-0.3, -0.25) is 4.79 Å². The van der Waals surface area contributed by atoms with E-state index in [0.717, 1.165) is 12.8 Å². The number of aromatic hydroxyl groups is 1. The summed E-state index contributed by atoms with van der Waals surface area (Å²) in [5, 5.41) is 21.5. The van der Waals surface area contributed by atoms with Crippen LogP contribution < -0.4 is 10.1 Å². The Hall–Kier alpha value is -2.00. The summed E-state index contributed by atoms with van der Waals surface area (Å²) in [5.41, 5.74) is 0.604. The minimum absolute atomic E-state index is 0.0162. The summed E-state index contributed by atoms with van der Waals surface area (Å²) in [5.74, 6) is -0.120. The first-order valence-corrected chi connectivity index (χ1v) is 6.83. The molecule has 1 aromatic rings. The first-order chi connectivity index (χ1) is 9.55. The largest absolute Gasteiger partial charge is 0.504 e. The average Bonchev–Trinajstić information content (AvgIpc) is 3.21. The SMILES string of the molecule is COc1cc(/C=C(\C#N)C(=O)NC2CC2)c(Br)cc1O. The first-order valence-electron chi connectivity index (χ1n) is 6.04. The molecule has 0 aromatic heterocycles. The number of carbonyl (C=O) groups excluding carboxylic acids is 1. The Balaban J connectivity index is 2.31. The summed E-state index contributed by atoms with van der Waals surface area (Å²) < 4.78 is 5.58. The number of rotatable bonds is 4. The van der Waals surface area contributed by atoms with Gasteiger partial charge in [0.15, 0.2) is 11.5 Å². The van der Waals surface area contributed by atoms with E-state index >= 15 is 0 Å². The molecule has 0 bridgehead atoms. The molecule has 1 amide bonds. The molecule has 5 nitrogen and oxygen atoms in total. The summed E-state index contributed by atoms with van der Waals surface area (Å²) in [6, 6.07) is 5.09. The molecule has 1 aliphatic rings. The fraction of sp³-hybridized carbons (Fsp3) is 0.286. The smallest absolute Gasteiger partial charge is 0.262 e. The lowest BCUT2D eigenvalue weighted by Gasteiger charge is -2.07. The molecule has 1 fully saturated rings. The molecule has 6 heteroatoms. The van der Waals surface area contributed by atoms with Gasteiger partial charge in [0, 0.05) is 10.5 Å². The Labute approximate surface area is 125 Å². The predicted octanol–water partition coefficient (Wildman–Crippen LogP) is 2.35. The summed E-state index contributed by atoms with van der Waals surface area (Å²) in [6.07, 6.45) is 3.38. The first kappa shape index (κ1) is 14.4. The van der Waals surface area contributed by atoms with Crippen molar-refractivity contribution in [2.45, 2.75) is 18.9 Å². The maximum absolute atomic E-state index is 11.9. The van der Waals surface area contributed by atoms with Gasteiger partial charge in [-0.2, -0.15) is 5.26 Å². The normalized spacial score (nSPS) is 14.6. The van der Waals surface area contributed by atoms with Crippen molar-refractivity contribution in [3.05, 3.63) is 27.7 Å². The number of nitrogens with zero attached hydrogens (tertiary/aromatic N) is 1. The lowest BCUT2D eigenvalue weighted by Crippen LogP contribution is -2.26. The van der Waals surface area contributed by atoms with Crippen LogP contribution in [0.2, 0.25) is 0 Å². The standard InChI is InChI=1S/C14H13BrN2O3/c1-20-13-5-8(11(15)6-12(13)18)4-9(7-16)14(19)17-10-2-3-10/h4-6,10,18H,2-3H2,1H3,(H,17,19)/b9-4+. The number of carbonyl (C=O) groups is 1. The number of hydrogen-bond acceptors (Lipinski definition) is 4. The Morgan fingerprint density at radius 2 is 2.30 bits per heavy atom. The zero-order chi connectivity index (χ0) is 14.7. The van der Waals surface area contributed by atoms with Crippen molar-refractivity contribution in [3.63, 3.8) is 0 Å². The predicted molar refractivity (Wildman–Crippen MR) is 77.1 cm³/mol. The maximum Gasteiger partial charge on any atom is 0.262 e. The van der Waals surface area contributed by atoms with Crippen LogP contribution in [-0.4, -0.2) is 24.2 Å². The zero-order valence-corrected chi connectivity index (χ0v) is 12.4. The van der Waals surface area contributed by atoms with Gasteiger partial charge in [0.25, 0.3) is 5.91 Å². The van der Waals surface area contributed by atoms with E-state index in [1.54, 1.807) is 6.07 Å². The van der Waals surface area contributed by atoms with Gasteiger partial charge in [-0.15, -0.1) is 0 Å². The molecule has 0 saturated heterocycles. The third-order valence-electron chi connectivity index (χ3n) is 2.88. The fourth-order valence-electron chi connectivity index (χ4n) is 1.63. The third-order valence-corrected chi connectivity index (χ3v) is 3.56.